The first kappa shape index (κ1) is 12.6. The first-order chi connectivity index (χ1) is 8.61. The van der Waals surface area contributed by atoms with E-state index in [0.29, 0.717) is 23.7 Å². The normalized spacial score (nSPS) is 12.4. The number of hydrogen-bond donors (Lipinski definition) is 1. The Labute approximate surface area is 108 Å². The molecule has 0 saturated heterocycles. The summed E-state index contributed by atoms with van der Waals surface area (Å²) >= 11 is 5.85. The molecule has 18 heavy (non-hydrogen) atoms. The number of halogens is 1. The quantitative estimate of drug-likeness (QED) is 0.863. The third-order valence-electron chi connectivity index (χ3n) is 2.37. The van der Waals surface area contributed by atoms with Crippen molar-refractivity contribution in [1.29, 1.82) is 0 Å². The Balaban J connectivity index is 2.12. The van der Waals surface area contributed by atoms with Crippen molar-refractivity contribution in [3.8, 4) is 0 Å². The van der Waals surface area contributed by atoms with Gasteiger partial charge >= 0.3 is 0 Å². The number of carbonyl (C=O) groups excluding carboxylic acids is 1. The van der Waals surface area contributed by atoms with Crippen molar-refractivity contribution in [3.05, 3.63) is 29.3 Å². The third-order valence-corrected chi connectivity index (χ3v) is 2.58. The predicted molar refractivity (Wildman–Crippen MR) is 64.6 cm³/mol. The molecule has 2 aromatic rings. The minimum absolute atomic E-state index is 0.169. The molecule has 0 saturated carbocycles. The number of anilines is 1. The number of nitrogens with zero attached hydrogens (tertiary/aromatic N) is 2. The molecule has 1 atom stereocenters. The average molecular weight is 270 g/mol. The zero-order valence-corrected chi connectivity index (χ0v) is 10.7. The molecule has 0 aliphatic heterocycles. The summed E-state index contributed by atoms with van der Waals surface area (Å²) in [6, 6.07) is 3.22. The fraction of sp³-hybridized carbons (Fsp3) is 0.364. The molecular weight excluding hydrogens is 258 g/mol. The molecule has 0 fully saturated rings. The van der Waals surface area contributed by atoms with E-state index in [2.05, 4.69) is 20.3 Å². The van der Waals surface area contributed by atoms with Crippen LogP contribution in [0.3, 0.4) is 0 Å². The number of furan rings is 1. The summed E-state index contributed by atoms with van der Waals surface area (Å²) < 4.78 is 9.86. The van der Waals surface area contributed by atoms with E-state index >= 15 is 0 Å². The maximum absolute atomic E-state index is 11.9. The summed E-state index contributed by atoms with van der Waals surface area (Å²) in [5.74, 6) is 0.599. The van der Waals surface area contributed by atoms with E-state index in [1.165, 1.54) is 0 Å². The number of aromatic nitrogens is 2. The molecule has 2 heterocycles. The Morgan fingerprint density at radius 2 is 2.28 bits per heavy atom. The first-order valence-corrected chi connectivity index (χ1v) is 5.92. The second-order valence-corrected chi connectivity index (χ2v) is 4.34. The summed E-state index contributed by atoms with van der Waals surface area (Å²) in [6.07, 6.45) is 0.612. The Kier molecular flexibility index (Phi) is 3.66. The van der Waals surface area contributed by atoms with Gasteiger partial charge in [-0.3, -0.25) is 10.1 Å². The maximum Gasteiger partial charge on any atom is 0.292 e. The van der Waals surface area contributed by atoms with Gasteiger partial charge in [-0.25, -0.2) is 4.63 Å². The van der Waals surface area contributed by atoms with Gasteiger partial charge in [0.15, 0.2) is 5.76 Å². The number of rotatable bonds is 4. The summed E-state index contributed by atoms with van der Waals surface area (Å²) in [7, 11) is 0. The zero-order chi connectivity index (χ0) is 13.1. The van der Waals surface area contributed by atoms with Gasteiger partial charge in [0, 0.05) is 0 Å². The minimum Gasteiger partial charge on any atom is -0.454 e. The van der Waals surface area contributed by atoms with Gasteiger partial charge in [-0.1, -0.05) is 12.1 Å². The molecule has 0 spiro atoms. The Morgan fingerprint density at radius 3 is 2.89 bits per heavy atom. The SMILES string of the molecule is CCc1nonc1NC(=O)c1ccc(C(C)Cl)o1. The van der Waals surface area contributed by atoms with E-state index < -0.39 is 5.91 Å². The van der Waals surface area contributed by atoms with Crippen LogP contribution in [0.1, 0.15) is 41.2 Å². The average Bonchev–Trinajstić information content (AvgIpc) is 2.96. The molecule has 2 aromatic heterocycles. The second-order valence-electron chi connectivity index (χ2n) is 3.69. The third kappa shape index (κ3) is 2.53. The lowest BCUT2D eigenvalue weighted by atomic mass is 10.3. The molecule has 1 N–H and O–H groups in total. The molecule has 0 bridgehead atoms. The highest BCUT2D eigenvalue weighted by Crippen LogP contribution is 2.22. The van der Waals surface area contributed by atoms with Crippen LogP contribution < -0.4 is 5.32 Å². The number of aryl methyl sites for hydroxylation is 1. The Bertz CT molecular complexity index is 547. The number of amides is 1. The highest BCUT2D eigenvalue weighted by molar-refractivity contribution is 6.20. The number of nitrogens with one attached hydrogen (secondary N) is 1. The number of alkyl halides is 1. The molecule has 0 aliphatic rings. The summed E-state index contributed by atoms with van der Waals surface area (Å²) in [4.78, 5) is 11.9. The molecule has 2 rings (SSSR count). The standard InChI is InChI=1S/C11H12ClN3O3/c1-3-7-10(15-18-14-7)13-11(16)9-5-4-8(17-9)6(2)12/h4-6H,3H2,1-2H3,(H,13,15,16). The molecule has 7 heteroatoms. The van der Waals surface area contributed by atoms with Crippen molar-refractivity contribution in [2.75, 3.05) is 5.32 Å². The lowest BCUT2D eigenvalue weighted by Gasteiger charge is -2.00. The van der Waals surface area contributed by atoms with Crippen LogP contribution in [0.25, 0.3) is 0 Å². The van der Waals surface area contributed by atoms with Crippen LogP contribution in [-0.4, -0.2) is 16.2 Å². The van der Waals surface area contributed by atoms with Crippen molar-refractivity contribution in [1.82, 2.24) is 10.3 Å². The van der Waals surface area contributed by atoms with Crippen LogP contribution in [0.5, 0.6) is 0 Å². The highest BCUT2D eigenvalue weighted by Gasteiger charge is 2.17. The van der Waals surface area contributed by atoms with Gasteiger partial charge in [-0.15, -0.1) is 11.6 Å². The molecule has 1 amide bonds. The second kappa shape index (κ2) is 5.22. The van der Waals surface area contributed by atoms with Crippen molar-refractivity contribution in [2.45, 2.75) is 25.6 Å². The van der Waals surface area contributed by atoms with E-state index in [1.54, 1.807) is 19.1 Å². The van der Waals surface area contributed by atoms with E-state index in [4.69, 9.17) is 16.0 Å². The lowest BCUT2D eigenvalue weighted by Crippen LogP contribution is -2.12. The molecule has 1 unspecified atom stereocenters. The van der Waals surface area contributed by atoms with Crippen LogP contribution in [0.4, 0.5) is 5.82 Å². The first-order valence-electron chi connectivity index (χ1n) is 5.48. The van der Waals surface area contributed by atoms with Gasteiger partial charge in [0.05, 0.1) is 5.38 Å². The van der Waals surface area contributed by atoms with Gasteiger partial charge in [0.2, 0.25) is 5.82 Å². The Morgan fingerprint density at radius 1 is 1.50 bits per heavy atom. The van der Waals surface area contributed by atoms with Gasteiger partial charge in [0.1, 0.15) is 11.5 Å². The van der Waals surface area contributed by atoms with Crippen LogP contribution in [0.2, 0.25) is 0 Å². The van der Waals surface area contributed by atoms with Crippen molar-refractivity contribution in [2.24, 2.45) is 0 Å². The van der Waals surface area contributed by atoms with E-state index in [0.717, 1.165) is 0 Å². The van der Waals surface area contributed by atoms with Crippen LogP contribution in [0, 0.1) is 0 Å². The largest absolute Gasteiger partial charge is 0.454 e. The van der Waals surface area contributed by atoms with Gasteiger partial charge in [0.25, 0.3) is 5.91 Å². The molecule has 0 aliphatic carbocycles. The minimum atomic E-state index is -0.413. The fourth-order valence-electron chi connectivity index (χ4n) is 1.39. The summed E-state index contributed by atoms with van der Waals surface area (Å²) in [5.41, 5.74) is 0.584. The monoisotopic (exact) mass is 269 g/mol. The molecule has 0 aromatic carbocycles. The molecular formula is C11H12ClN3O3. The van der Waals surface area contributed by atoms with Gasteiger partial charge < -0.3 is 4.42 Å². The smallest absolute Gasteiger partial charge is 0.292 e. The zero-order valence-electron chi connectivity index (χ0n) is 9.94. The maximum atomic E-state index is 11.9. The van der Waals surface area contributed by atoms with Crippen LogP contribution in [0.15, 0.2) is 21.2 Å². The van der Waals surface area contributed by atoms with Gasteiger partial charge in [-0.05, 0) is 30.6 Å². The fourth-order valence-corrected chi connectivity index (χ4v) is 1.51. The topological polar surface area (TPSA) is 81.2 Å². The predicted octanol–water partition coefficient (Wildman–Crippen LogP) is 2.78. The highest BCUT2D eigenvalue weighted by atomic mass is 35.5. The summed E-state index contributed by atoms with van der Waals surface area (Å²) in [5, 5.41) is 9.55. The molecule has 6 nitrogen and oxygen atoms in total. The van der Waals surface area contributed by atoms with E-state index in [1.807, 2.05) is 6.92 Å². The molecule has 0 radical (unpaired) electrons. The van der Waals surface area contributed by atoms with Crippen molar-refractivity contribution in [3.63, 3.8) is 0 Å². The summed E-state index contributed by atoms with van der Waals surface area (Å²) in [6.45, 7) is 3.65. The molecule has 96 valence electrons. The lowest BCUT2D eigenvalue weighted by molar-refractivity contribution is 0.0994. The number of carbonyl (C=O) groups is 1. The van der Waals surface area contributed by atoms with E-state index in [-0.39, 0.29) is 11.1 Å². The van der Waals surface area contributed by atoms with Gasteiger partial charge in [-0.2, -0.15) is 0 Å². The van der Waals surface area contributed by atoms with Crippen molar-refractivity contribution < 1.29 is 13.8 Å². The van der Waals surface area contributed by atoms with Crippen LogP contribution >= 0.6 is 11.6 Å². The van der Waals surface area contributed by atoms with Crippen molar-refractivity contribution >= 4 is 23.3 Å². The Hall–Kier alpha value is -1.82. The van der Waals surface area contributed by atoms with Crippen LogP contribution in [-0.2, 0) is 6.42 Å². The number of hydrogen-bond acceptors (Lipinski definition) is 5. The van der Waals surface area contributed by atoms with E-state index in [9.17, 15) is 4.79 Å².